The maximum absolute atomic E-state index is 13.8. The van der Waals surface area contributed by atoms with Gasteiger partial charge in [-0.15, -0.1) is 0 Å². The smallest absolute Gasteiger partial charge is 0.417 e. The highest BCUT2D eigenvalue weighted by Crippen LogP contribution is 2.51. The molecule has 0 spiro atoms. The number of carbonyl (C=O) groups is 1. The number of rotatable bonds is 8. The molecule has 1 N–H and O–H groups in total. The normalized spacial score (nSPS) is 23.2. The molecule has 2 saturated heterocycles. The zero-order valence-corrected chi connectivity index (χ0v) is 25.2. The van der Waals surface area contributed by atoms with Crippen molar-refractivity contribution >= 4 is 46.2 Å². The Morgan fingerprint density at radius 1 is 1.11 bits per heavy atom. The van der Waals surface area contributed by atoms with E-state index in [1.807, 2.05) is 6.08 Å². The van der Waals surface area contributed by atoms with Crippen molar-refractivity contribution in [1.82, 2.24) is 15.1 Å². The first kappa shape index (κ1) is 30.0. The fraction of sp³-hybridized carbons (Fsp3) is 0.375. The van der Waals surface area contributed by atoms with Crippen molar-refractivity contribution in [3.05, 3.63) is 75.4 Å². The molecular weight excluding hydrogens is 634 g/mol. The van der Waals surface area contributed by atoms with E-state index < -0.39 is 29.0 Å². The summed E-state index contributed by atoms with van der Waals surface area (Å²) < 4.78 is 59.5. The van der Waals surface area contributed by atoms with E-state index in [4.69, 9.17) is 37.2 Å². The van der Waals surface area contributed by atoms with Crippen molar-refractivity contribution in [2.45, 2.75) is 56.2 Å². The number of ether oxygens (including phenoxy) is 2. The minimum Gasteiger partial charge on any atom is -0.491 e. The average molecular weight is 660 g/mol. The minimum absolute atomic E-state index is 0.0785. The summed E-state index contributed by atoms with van der Waals surface area (Å²) in [5.41, 5.74) is -0.593. The lowest BCUT2D eigenvalue weighted by atomic mass is 9.66. The van der Waals surface area contributed by atoms with E-state index in [9.17, 15) is 23.1 Å². The second-order valence-corrected chi connectivity index (χ2v) is 12.9. The Balaban J connectivity index is 1.08. The van der Waals surface area contributed by atoms with Crippen LogP contribution in [0, 0.1) is 5.41 Å². The molecule has 4 aromatic rings. The predicted octanol–water partition coefficient (Wildman–Crippen LogP) is 8.61. The zero-order valence-electron chi connectivity index (χ0n) is 23.7. The second-order valence-electron chi connectivity index (χ2n) is 12.1. The monoisotopic (exact) mass is 659 g/mol. The molecule has 45 heavy (non-hydrogen) atoms. The minimum atomic E-state index is -4.76. The van der Waals surface area contributed by atoms with Crippen LogP contribution in [0.2, 0.25) is 10.0 Å². The van der Waals surface area contributed by atoms with E-state index in [0.29, 0.717) is 52.7 Å². The maximum atomic E-state index is 13.8. The number of aromatic nitrogens is 3. The second kappa shape index (κ2) is 11.0. The number of aromatic carboxylic acids is 1. The van der Waals surface area contributed by atoms with Gasteiger partial charge in [-0.3, -0.25) is 4.98 Å². The molecule has 0 amide bonds. The molecule has 5 heterocycles. The lowest BCUT2D eigenvalue weighted by molar-refractivity contribution is -0.181. The Morgan fingerprint density at radius 3 is 2.47 bits per heavy atom. The number of hydrogen-bond donors (Lipinski definition) is 1. The van der Waals surface area contributed by atoms with Gasteiger partial charge in [0, 0.05) is 40.2 Å². The van der Waals surface area contributed by atoms with Crippen molar-refractivity contribution in [2.75, 3.05) is 13.2 Å². The van der Waals surface area contributed by atoms with Gasteiger partial charge < -0.3 is 19.1 Å². The van der Waals surface area contributed by atoms with Gasteiger partial charge in [-0.1, -0.05) is 40.5 Å². The molecule has 3 aromatic heterocycles. The molecular formula is C32H26Cl2F3N3O5. The molecule has 2 aliphatic heterocycles. The summed E-state index contributed by atoms with van der Waals surface area (Å²) >= 11 is 12.9. The van der Waals surface area contributed by atoms with Gasteiger partial charge in [-0.05, 0) is 62.8 Å². The van der Waals surface area contributed by atoms with Crippen LogP contribution in [0.1, 0.15) is 71.8 Å². The van der Waals surface area contributed by atoms with Gasteiger partial charge in [-0.25, -0.2) is 9.78 Å². The lowest BCUT2D eigenvalue weighted by Crippen LogP contribution is -2.53. The quantitative estimate of drug-likeness (QED) is 0.200. The average Bonchev–Trinajstić information content (AvgIpc) is 3.78. The first-order valence-electron chi connectivity index (χ1n) is 14.5. The summed E-state index contributed by atoms with van der Waals surface area (Å²) in [6, 6.07) is 4.62. The Hall–Kier alpha value is -3.67. The van der Waals surface area contributed by atoms with E-state index in [2.05, 4.69) is 21.2 Å². The van der Waals surface area contributed by atoms with Crippen LogP contribution in [0.3, 0.4) is 0 Å². The lowest BCUT2D eigenvalue weighted by Gasteiger charge is -2.51. The largest absolute Gasteiger partial charge is 0.491 e. The number of pyridine rings is 2. The van der Waals surface area contributed by atoms with Crippen LogP contribution in [0.4, 0.5) is 13.2 Å². The molecule has 0 atom stereocenters. The summed E-state index contributed by atoms with van der Waals surface area (Å²) in [5.74, 6) is -0.194. The molecule has 13 heteroatoms. The Labute approximate surface area is 265 Å². The fourth-order valence-electron chi connectivity index (χ4n) is 6.23. The van der Waals surface area contributed by atoms with Crippen LogP contribution in [0.15, 0.2) is 47.3 Å². The van der Waals surface area contributed by atoms with Crippen molar-refractivity contribution in [1.29, 1.82) is 0 Å². The van der Waals surface area contributed by atoms with Gasteiger partial charge in [-0.2, -0.15) is 13.2 Å². The van der Waals surface area contributed by atoms with E-state index >= 15 is 0 Å². The van der Waals surface area contributed by atoms with Gasteiger partial charge in [0.05, 0.1) is 27.7 Å². The number of carboxylic acid groups (broad SMARTS) is 1. The number of nitrogens with zero attached hydrogens (tertiary/aromatic N) is 3. The number of benzene rings is 1. The fourth-order valence-corrected chi connectivity index (χ4v) is 6.78. The number of halogens is 5. The summed E-state index contributed by atoms with van der Waals surface area (Å²) in [7, 11) is 0. The number of alkyl halides is 3. The molecule has 4 aliphatic rings. The van der Waals surface area contributed by atoms with Crippen LogP contribution in [-0.4, -0.2) is 45.0 Å². The SMILES string of the molecule is O=C(O)c1cc(C(F)(F)F)c2cc(OCC34CCC(/C=C/c5c(-c6c(Cl)cncc6Cl)noc5C5CC5)(CC3)CO4)ccc2n1. The molecule has 2 bridgehead atoms. The van der Waals surface area contributed by atoms with Gasteiger partial charge in [0.2, 0.25) is 0 Å². The van der Waals surface area contributed by atoms with Gasteiger partial charge in [0.1, 0.15) is 35.1 Å². The van der Waals surface area contributed by atoms with Gasteiger partial charge in [0.25, 0.3) is 0 Å². The van der Waals surface area contributed by atoms with Crippen LogP contribution in [-0.2, 0) is 10.9 Å². The highest BCUT2D eigenvalue weighted by Gasteiger charge is 2.49. The van der Waals surface area contributed by atoms with E-state index in [-0.39, 0.29) is 28.7 Å². The molecule has 8 rings (SSSR count). The van der Waals surface area contributed by atoms with Gasteiger partial charge >= 0.3 is 12.1 Å². The van der Waals surface area contributed by atoms with E-state index in [0.717, 1.165) is 37.0 Å². The van der Waals surface area contributed by atoms with Gasteiger partial charge in [0.15, 0.2) is 0 Å². The summed E-state index contributed by atoms with van der Waals surface area (Å²) in [6.45, 7) is 0.627. The highest BCUT2D eigenvalue weighted by molar-refractivity contribution is 6.39. The van der Waals surface area contributed by atoms with Crippen molar-refractivity contribution in [3.8, 4) is 17.0 Å². The summed E-state index contributed by atoms with van der Waals surface area (Å²) in [6.07, 6.45) is 7.63. The molecule has 0 radical (unpaired) electrons. The third-order valence-corrected chi connectivity index (χ3v) is 9.60. The third kappa shape index (κ3) is 5.66. The van der Waals surface area contributed by atoms with Crippen molar-refractivity contribution in [3.63, 3.8) is 0 Å². The highest BCUT2D eigenvalue weighted by atomic mass is 35.5. The number of hydrogen-bond acceptors (Lipinski definition) is 7. The first-order chi connectivity index (χ1) is 21.5. The Kier molecular flexibility index (Phi) is 7.33. The zero-order chi connectivity index (χ0) is 31.6. The third-order valence-electron chi connectivity index (χ3n) is 9.03. The Morgan fingerprint density at radius 2 is 1.84 bits per heavy atom. The molecule has 234 valence electrons. The standard InChI is InChI=1S/C32H26Cl2F3N3O5/c33-22-13-38-14-23(34)26(22)27-19(28(45-40-27)17-1-2-17)5-6-30-7-9-31(10-8-30,44-15-30)16-43-18-3-4-24-20(11-18)21(32(35,36)37)12-25(39-24)29(41)42/h3-6,11-14,17H,1-2,7-10,15-16H2,(H,41,42)/b6-5+. The van der Waals surface area contributed by atoms with E-state index in [1.165, 1.54) is 30.6 Å². The van der Waals surface area contributed by atoms with Crippen molar-refractivity contribution in [2.24, 2.45) is 5.41 Å². The first-order valence-corrected chi connectivity index (χ1v) is 15.2. The molecule has 2 aliphatic carbocycles. The van der Waals surface area contributed by atoms with Crippen LogP contribution in [0.5, 0.6) is 5.75 Å². The van der Waals surface area contributed by atoms with Crippen LogP contribution < -0.4 is 4.74 Å². The van der Waals surface area contributed by atoms with Crippen molar-refractivity contribution < 1.29 is 37.1 Å². The molecule has 1 aromatic carbocycles. The van der Waals surface area contributed by atoms with Crippen LogP contribution in [0.25, 0.3) is 28.2 Å². The molecule has 4 fully saturated rings. The Bertz CT molecular complexity index is 1810. The molecule has 2 saturated carbocycles. The predicted molar refractivity (Wildman–Crippen MR) is 160 cm³/mol. The summed E-state index contributed by atoms with van der Waals surface area (Å²) in [4.78, 5) is 19.2. The number of carboxylic acids is 1. The molecule has 8 nitrogen and oxygen atoms in total. The summed E-state index contributed by atoms with van der Waals surface area (Å²) in [5, 5.41) is 14.1. The van der Waals surface area contributed by atoms with Crippen LogP contribution >= 0.6 is 23.2 Å². The maximum Gasteiger partial charge on any atom is 0.417 e. The molecule has 0 unspecified atom stereocenters. The number of fused-ring (bicyclic) bond motifs is 4. The van der Waals surface area contributed by atoms with E-state index in [1.54, 1.807) is 0 Å². The topological polar surface area (TPSA) is 108 Å².